The fourth-order valence-electron chi connectivity index (χ4n) is 1.79. The van der Waals surface area contributed by atoms with E-state index in [0.717, 1.165) is 16.7 Å². The first kappa shape index (κ1) is 13.3. The number of carbonyl (C=O) groups excluding carboxylic acids is 1. The number of carbonyl (C=O) groups is 1. The lowest BCUT2D eigenvalue weighted by Gasteiger charge is -2.16. The Bertz CT molecular complexity index is 426. The Morgan fingerprint density at radius 3 is 2.47 bits per heavy atom. The van der Waals surface area contributed by atoms with Crippen LogP contribution in [0, 0.1) is 26.2 Å². The van der Waals surface area contributed by atoms with Crippen molar-refractivity contribution >= 4 is 5.97 Å². The molecular formula is C14H17NO2. The van der Waals surface area contributed by atoms with Gasteiger partial charge in [0, 0.05) is 0 Å². The Morgan fingerprint density at radius 2 is 2.00 bits per heavy atom. The molecule has 0 heterocycles. The molecule has 17 heavy (non-hydrogen) atoms. The van der Waals surface area contributed by atoms with Gasteiger partial charge in [-0.2, -0.15) is 0 Å². The zero-order valence-corrected chi connectivity index (χ0v) is 10.4. The van der Waals surface area contributed by atoms with Crippen molar-refractivity contribution in [3.63, 3.8) is 0 Å². The summed E-state index contributed by atoms with van der Waals surface area (Å²) in [4.78, 5) is 11.7. The smallest absolute Gasteiger partial charge is 0.327 e. The number of nitrogens with one attached hydrogen (secondary N) is 1. The maximum atomic E-state index is 11.7. The number of aryl methyl sites for hydroxylation is 2. The molecular weight excluding hydrogens is 214 g/mol. The van der Waals surface area contributed by atoms with E-state index in [-0.39, 0.29) is 5.97 Å². The molecule has 0 amide bonds. The summed E-state index contributed by atoms with van der Waals surface area (Å²) < 4.78 is 4.77. The molecule has 1 rings (SSSR count). The van der Waals surface area contributed by atoms with E-state index < -0.39 is 6.04 Å². The molecule has 0 aliphatic carbocycles. The molecule has 0 radical (unpaired) electrons. The van der Waals surface area contributed by atoms with E-state index in [1.807, 2.05) is 26.0 Å². The first-order valence-corrected chi connectivity index (χ1v) is 5.41. The molecule has 1 aromatic carbocycles. The predicted octanol–water partition coefficient (Wildman–Crippen LogP) is 1.74. The van der Waals surface area contributed by atoms with Crippen molar-refractivity contribution in [2.45, 2.75) is 19.9 Å². The monoisotopic (exact) mass is 231 g/mol. The summed E-state index contributed by atoms with van der Waals surface area (Å²) in [6.45, 7) is 4.31. The number of rotatable bonds is 4. The molecule has 1 N–H and O–H groups in total. The highest BCUT2D eigenvalue weighted by Gasteiger charge is 2.20. The molecule has 1 aromatic rings. The topological polar surface area (TPSA) is 38.3 Å². The van der Waals surface area contributed by atoms with Gasteiger partial charge in [0.25, 0.3) is 0 Å². The molecule has 1 atom stereocenters. The number of benzene rings is 1. The Hall–Kier alpha value is -1.79. The molecule has 90 valence electrons. The second-order valence-corrected chi connectivity index (χ2v) is 3.96. The molecule has 0 bridgehead atoms. The molecule has 0 aliphatic heterocycles. The number of hydrogen-bond donors (Lipinski definition) is 1. The summed E-state index contributed by atoms with van der Waals surface area (Å²) >= 11 is 0. The highest BCUT2D eigenvalue weighted by molar-refractivity contribution is 5.77. The van der Waals surface area contributed by atoms with E-state index in [9.17, 15) is 4.79 Å². The second kappa shape index (κ2) is 6.07. The lowest BCUT2D eigenvalue weighted by atomic mass is 10.0. The summed E-state index contributed by atoms with van der Waals surface area (Å²) in [5.41, 5.74) is 3.09. The van der Waals surface area contributed by atoms with Gasteiger partial charge in [-0.3, -0.25) is 5.32 Å². The standard InChI is InChI=1S/C14H17NO2/c1-5-6-15-13(14(16)17-4)12-8-10(2)7-11(3)9-12/h1,7-9,13,15H,6H2,2-4H3. The fourth-order valence-corrected chi connectivity index (χ4v) is 1.79. The van der Waals surface area contributed by atoms with Crippen LogP contribution in [-0.2, 0) is 9.53 Å². The van der Waals surface area contributed by atoms with Gasteiger partial charge in [0.2, 0.25) is 0 Å². The Balaban J connectivity index is 3.03. The maximum absolute atomic E-state index is 11.7. The van der Waals surface area contributed by atoms with Crippen molar-refractivity contribution in [1.82, 2.24) is 5.32 Å². The quantitative estimate of drug-likeness (QED) is 0.633. The zero-order chi connectivity index (χ0) is 12.8. The summed E-state index contributed by atoms with van der Waals surface area (Å²) in [7, 11) is 1.37. The van der Waals surface area contributed by atoms with Crippen LogP contribution in [0.25, 0.3) is 0 Å². The van der Waals surface area contributed by atoms with Gasteiger partial charge < -0.3 is 4.74 Å². The van der Waals surface area contributed by atoms with Crippen LogP contribution >= 0.6 is 0 Å². The number of methoxy groups -OCH3 is 1. The Kier molecular flexibility index (Phi) is 4.74. The van der Waals surface area contributed by atoms with Gasteiger partial charge >= 0.3 is 5.97 Å². The third-order valence-electron chi connectivity index (χ3n) is 2.42. The van der Waals surface area contributed by atoms with Gasteiger partial charge in [-0.05, 0) is 19.4 Å². The molecule has 1 unspecified atom stereocenters. The third-order valence-corrected chi connectivity index (χ3v) is 2.42. The van der Waals surface area contributed by atoms with Gasteiger partial charge in [0.1, 0.15) is 6.04 Å². The van der Waals surface area contributed by atoms with Crippen molar-refractivity contribution in [1.29, 1.82) is 0 Å². The van der Waals surface area contributed by atoms with Crippen LogP contribution in [0.2, 0.25) is 0 Å². The van der Waals surface area contributed by atoms with Gasteiger partial charge in [-0.15, -0.1) is 6.42 Å². The largest absolute Gasteiger partial charge is 0.468 e. The number of esters is 1. The van der Waals surface area contributed by atoms with Gasteiger partial charge in [0.15, 0.2) is 0 Å². The molecule has 0 spiro atoms. The number of hydrogen-bond acceptors (Lipinski definition) is 3. The van der Waals surface area contributed by atoms with Crippen LogP contribution in [0.4, 0.5) is 0 Å². The maximum Gasteiger partial charge on any atom is 0.327 e. The Morgan fingerprint density at radius 1 is 1.41 bits per heavy atom. The van der Waals surface area contributed by atoms with Crippen LogP contribution in [0.15, 0.2) is 18.2 Å². The van der Waals surface area contributed by atoms with Crippen LogP contribution in [0.5, 0.6) is 0 Å². The molecule has 0 saturated heterocycles. The van der Waals surface area contributed by atoms with Crippen LogP contribution < -0.4 is 5.32 Å². The summed E-state index contributed by atoms with van der Waals surface area (Å²) in [6, 6.07) is 5.46. The molecule has 3 nitrogen and oxygen atoms in total. The minimum atomic E-state index is -0.505. The first-order valence-electron chi connectivity index (χ1n) is 5.41. The average molecular weight is 231 g/mol. The summed E-state index contributed by atoms with van der Waals surface area (Å²) in [5.74, 6) is 2.13. The van der Waals surface area contributed by atoms with Crippen LogP contribution in [-0.4, -0.2) is 19.6 Å². The van der Waals surface area contributed by atoms with Crippen molar-refractivity contribution in [3.8, 4) is 12.3 Å². The molecule has 3 heteroatoms. The second-order valence-electron chi connectivity index (χ2n) is 3.96. The fraction of sp³-hybridized carbons (Fsp3) is 0.357. The van der Waals surface area contributed by atoms with Crippen molar-refractivity contribution in [2.75, 3.05) is 13.7 Å². The lowest BCUT2D eigenvalue weighted by Crippen LogP contribution is -2.30. The summed E-state index contributed by atoms with van der Waals surface area (Å²) in [5, 5.41) is 2.98. The number of ether oxygens (including phenoxy) is 1. The number of terminal acetylenes is 1. The zero-order valence-electron chi connectivity index (χ0n) is 10.4. The van der Waals surface area contributed by atoms with E-state index in [1.54, 1.807) is 0 Å². The normalized spacial score (nSPS) is 11.6. The predicted molar refractivity (Wildman–Crippen MR) is 67.5 cm³/mol. The highest BCUT2D eigenvalue weighted by Crippen LogP contribution is 2.18. The Labute approximate surface area is 102 Å². The van der Waals surface area contributed by atoms with E-state index in [4.69, 9.17) is 11.2 Å². The van der Waals surface area contributed by atoms with E-state index in [2.05, 4.69) is 17.3 Å². The van der Waals surface area contributed by atoms with E-state index in [1.165, 1.54) is 7.11 Å². The molecule has 0 saturated carbocycles. The van der Waals surface area contributed by atoms with Crippen molar-refractivity contribution in [3.05, 3.63) is 34.9 Å². The van der Waals surface area contributed by atoms with Crippen molar-refractivity contribution < 1.29 is 9.53 Å². The third kappa shape index (κ3) is 3.61. The molecule has 0 aliphatic rings. The highest BCUT2D eigenvalue weighted by atomic mass is 16.5. The van der Waals surface area contributed by atoms with Crippen LogP contribution in [0.3, 0.4) is 0 Å². The van der Waals surface area contributed by atoms with Gasteiger partial charge in [-0.1, -0.05) is 35.2 Å². The first-order chi connectivity index (χ1) is 8.08. The average Bonchev–Trinajstić information content (AvgIpc) is 2.28. The lowest BCUT2D eigenvalue weighted by molar-refractivity contribution is -0.143. The summed E-state index contributed by atoms with van der Waals surface area (Å²) in [6.07, 6.45) is 5.19. The molecule has 0 aromatic heterocycles. The minimum Gasteiger partial charge on any atom is -0.468 e. The van der Waals surface area contributed by atoms with Crippen LogP contribution in [0.1, 0.15) is 22.7 Å². The SMILES string of the molecule is C#CCNC(C(=O)OC)c1cc(C)cc(C)c1. The van der Waals surface area contributed by atoms with Gasteiger partial charge in [-0.25, -0.2) is 4.79 Å². The van der Waals surface area contributed by atoms with Crippen molar-refractivity contribution in [2.24, 2.45) is 0 Å². The minimum absolute atomic E-state index is 0.326. The van der Waals surface area contributed by atoms with E-state index in [0.29, 0.717) is 6.54 Å². The van der Waals surface area contributed by atoms with Gasteiger partial charge in [0.05, 0.1) is 13.7 Å². The van der Waals surface area contributed by atoms with E-state index >= 15 is 0 Å². The molecule has 0 fully saturated rings.